The smallest absolute Gasteiger partial charge is 0.163 e. The largest absolute Gasteiger partial charge is 0.494 e. The summed E-state index contributed by atoms with van der Waals surface area (Å²) in [5.41, 5.74) is 4.16. The molecule has 0 aliphatic heterocycles. The minimum absolute atomic E-state index is 0. The van der Waals surface area contributed by atoms with Gasteiger partial charge in [-0.3, -0.25) is 9.78 Å². The molecule has 0 saturated heterocycles. The molecule has 0 spiro atoms. The number of Topliss-reactive ketones (excluding diaryl/α,β-unsaturated/α-hetero) is 1. The van der Waals surface area contributed by atoms with Crippen molar-refractivity contribution in [1.29, 1.82) is 0 Å². The van der Waals surface area contributed by atoms with Crippen molar-refractivity contribution in [3.63, 3.8) is 0 Å². The van der Waals surface area contributed by atoms with Gasteiger partial charge in [0.15, 0.2) is 11.5 Å². The maximum absolute atomic E-state index is 12.5. The van der Waals surface area contributed by atoms with E-state index in [2.05, 4.69) is 29.3 Å². The van der Waals surface area contributed by atoms with Gasteiger partial charge in [-0.2, -0.15) is 0 Å². The number of rotatable bonds is 7. The number of methoxy groups -OCH3 is 1. The van der Waals surface area contributed by atoms with Crippen LogP contribution in [0.15, 0.2) is 30.5 Å². The third-order valence-electron chi connectivity index (χ3n) is 6.41. The Bertz CT molecular complexity index is 1190. The molecule has 6 nitrogen and oxygen atoms in total. The number of hydrogen-bond donors (Lipinski definition) is 1. The predicted molar refractivity (Wildman–Crippen MR) is 154 cm³/mol. The summed E-state index contributed by atoms with van der Waals surface area (Å²) in [7, 11) is 5.78. The van der Waals surface area contributed by atoms with E-state index in [1.807, 2.05) is 12.1 Å². The van der Waals surface area contributed by atoms with Crippen molar-refractivity contribution < 1.29 is 9.53 Å². The molecule has 0 radical (unpaired) electrons. The second kappa shape index (κ2) is 13.1. The quantitative estimate of drug-likeness (QED) is 0.302. The zero-order valence-corrected chi connectivity index (χ0v) is 24.0. The Kier molecular flexibility index (Phi) is 11.1. The van der Waals surface area contributed by atoms with Crippen LogP contribution in [0.5, 0.6) is 5.75 Å². The van der Waals surface area contributed by atoms with Crippen LogP contribution >= 0.6 is 48.0 Å². The summed E-state index contributed by atoms with van der Waals surface area (Å²) in [4.78, 5) is 24.1. The number of halogens is 4. The number of ketones is 1. The summed E-state index contributed by atoms with van der Waals surface area (Å²) in [6.07, 6.45) is 6.09. The first-order chi connectivity index (χ1) is 16.3. The molecule has 0 amide bonds. The van der Waals surface area contributed by atoms with E-state index in [4.69, 9.17) is 32.9 Å². The van der Waals surface area contributed by atoms with Crippen molar-refractivity contribution in [3.05, 3.63) is 46.1 Å². The van der Waals surface area contributed by atoms with Crippen LogP contribution < -0.4 is 10.1 Å². The molecule has 2 heterocycles. The molecule has 3 aromatic rings. The first kappa shape index (κ1) is 30.4. The lowest BCUT2D eigenvalue weighted by Crippen LogP contribution is -2.31. The molecule has 1 aromatic carbocycles. The Balaban J connectivity index is 0.00000228. The van der Waals surface area contributed by atoms with Crippen molar-refractivity contribution in [2.75, 3.05) is 33.1 Å². The molecule has 0 bridgehead atoms. The zero-order chi connectivity index (χ0) is 24.4. The molecule has 1 aliphatic carbocycles. The SMILES string of the molecule is COc1c(Cl)cc(-c2ccc3ncc(C(C)=O)c(N[C@H]4CC[C@H](CN(C)C)CC4)c3n2)cc1Cl.Cl.Cl. The normalized spacial score (nSPS) is 17.3. The first-order valence-electron chi connectivity index (χ1n) is 11.5. The van der Waals surface area contributed by atoms with E-state index < -0.39 is 0 Å². The summed E-state index contributed by atoms with van der Waals surface area (Å²) in [6.45, 7) is 2.68. The van der Waals surface area contributed by atoms with Crippen LogP contribution in [0.25, 0.3) is 22.3 Å². The Morgan fingerprint density at radius 1 is 1.11 bits per heavy atom. The Morgan fingerprint density at radius 2 is 1.75 bits per heavy atom. The fraction of sp³-hybridized carbons (Fsp3) is 0.423. The van der Waals surface area contributed by atoms with Gasteiger partial charge in [-0.15, -0.1) is 24.8 Å². The van der Waals surface area contributed by atoms with E-state index in [1.54, 1.807) is 25.3 Å². The average molecular weight is 574 g/mol. The number of carbonyl (C=O) groups excluding carboxylic acids is 1. The van der Waals surface area contributed by atoms with Crippen molar-refractivity contribution in [3.8, 4) is 17.0 Å². The number of nitrogens with zero attached hydrogens (tertiary/aromatic N) is 3. The van der Waals surface area contributed by atoms with Gasteiger partial charge in [0.1, 0.15) is 5.52 Å². The van der Waals surface area contributed by atoms with Gasteiger partial charge < -0.3 is 15.0 Å². The number of anilines is 1. The molecule has 10 heteroatoms. The van der Waals surface area contributed by atoms with Gasteiger partial charge in [-0.1, -0.05) is 23.2 Å². The Morgan fingerprint density at radius 3 is 2.31 bits per heavy atom. The third-order valence-corrected chi connectivity index (χ3v) is 6.97. The molecule has 1 fully saturated rings. The number of fused-ring (bicyclic) bond motifs is 1. The molecule has 1 N–H and O–H groups in total. The molecule has 2 aromatic heterocycles. The number of benzene rings is 1. The van der Waals surface area contributed by atoms with Crippen molar-refractivity contribution in [2.24, 2.45) is 5.92 Å². The number of aromatic nitrogens is 2. The van der Waals surface area contributed by atoms with Crippen LogP contribution in [0.1, 0.15) is 43.0 Å². The van der Waals surface area contributed by atoms with Crippen LogP contribution in [0.3, 0.4) is 0 Å². The van der Waals surface area contributed by atoms with Crippen molar-refractivity contribution in [2.45, 2.75) is 38.6 Å². The highest BCUT2D eigenvalue weighted by Gasteiger charge is 2.24. The van der Waals surface area contributed by atoms with Crippen molar-refractivity contribution in [1.82, 2.24) is 14.9 Å². The first-order valence-corrected chi connectivity index (χ1v) is 12.3. The molecule has 36 heavy (non-hydrogen) atoms. The van der Waals surface area contributed by atoms with E-state index in [0.29, 0.717) is 38.5 Å². The average Bonchev–Trinajstić information content (AvgIpc) is 2.79. The second-order valence-corrected chi connectivity index (χ2v) is 10.1. The third kappa shape index (κ3) is 6.73. The van der Waals surface area contributed by atoms with Gasteiger partial charge in [0, 0.05) is 24.3 Å². The van der Waals surface area contributed by atoms with Crippen molar-refractivity contribution >= 4 is 70.5 Å². The number of ether oxygens (including phenoxy) is 1. The summed E-state index contributed by atoms with van der Waals surface area (Å²) in [6, 6.07) is 7.64. The standard InChI is InChI=1S/C26H30Cl2N4O2.2ClH/c1-15(33)19-13-29-23-10-9-22(17-11-20(27)26(34-4)21(28)12-17)31-25(23)24(19)30-18-7-5-16(6-8-18)14-32(2)3;;/h9-13,16,18H,5-8,14H2,1-4H3,(H,29,30);2*1H/t16-,18-;;. The maximum atomic E-state index is 12.5. The van der Waals surface area contributed by atoms with Crippen LogP contribution in [0, 0.1) is 5.92 Å². The summed E-state index contributed by atoms with van der Waals surface area (Å²) >= 11 is 12.7. The lowest BCUT2D eigenvalue weighted by atomic mass is 9.85. The number of carbonyl (C=O) groups is 1. The van der Waals surface area contributed by atoms with Crippen LogP contribution in [-0.2, 0) is 0 Å². The highest BCUT2D eigenvalue weighted by molar-refractivity contribution is 6.37. The lowest BCUT2D eigenvalue weighted by Gasteiger charge is -2.31. The minimum Gasteiger partial charge on any atom is -0.494 e. The van der Waals surface area contributed by atoms with Gasteiger partial charge >= 0.3 is 0 Å². The number of nitrogens with one attached hydrogen (secondary N) is 1. The fourth-order valence-corrected chi connectivity index (χ4v) is 5.39. The fourth-order valence-electron chi connectivity index (χ4n) is 4.75. The molecule has 0 unspecified atom stereocenters. The topological polar surface area (TPSA) is 67.3 Å². The Hall–Kier alpha value is -1.83. The van der Waals surface area contributed by atoms with E-state index >= 15 is 0 Å². The van der Waals surface area contributed by atoms with E-state index in [9.17, 15) is 4.79 Å². The van der Waals surface area contributed by atoms with Crippen LogP contribution in [-0.4, -0.2) is 54.4 Å². The second-order valence-electron chi connectivity index (χ2n) is 9.26. The van der Waals surface area contributed by atoms with Crippen LogP contribution in [0.4, 0.5) is 5.69 Å². The van der Waals surface area contributed by atoms with Crippen LogP contribution in [0.2, 0.25) is 10.0 Å². The molecular formula is C26H32Cl4N4O2. The molecular weight excluding hydrogens is 542 g/mol. The molecule has 0 atom stereocenters. The monoisotopic (exact) mass is 572 g/mol. The molecule has 196 valence electrons. The van der Waals surface area contributed by atoms with Gasteiger partial charge in [0.25, 0.3) is 0 Å². The van der Waals surface area contributed by atoms with E-state index in [0.717, 1.165) is 49.0 Å². The number of hydrogen-bond acceptors (Lipinski definition) is 6. The zero-order valence-electron chi connectivity index (χ0n) is 20.8. The Labute approximate surface area is 234 Å². The van der Waals surface area contributed by atoms with Gasteiger partial charge in [0.2, 0.25) is 0 Å². The van der Waals surface area contributed by atoms with E-state index in [-0.39, 0.29) is 36.6 Å². The summed E-state index contributed by atoms with van der Waals surface area (Å²) in [5, 5.41) is 4.48. The van der Waals surface area contributed by atoms with Gasteiger partial charge in [-0.25, -0.2) is 4.98 Å². The predicted octanol–water partition coefficient (Wildman–Crippen LogP) is 7.19. The molecule has 1 saturated carbocycles. The minimum atomic E-state index is -0.0408. The summed E-state index contributed by atoms with van der Waals surface area (Å²) < 4.78 is 5.27. The number of pyridine rings is 2. The maximum Gasteiger partial charge on any atom is 0.163 e. The summed E-state index contributed by atoms with van der Waals surface area (Å²) in [5.74, 6) is 1.10. The molecule has 1 aliphatic rings. The highest BCUT2D eigenvalue weighted by atomic mass is 35.5. The lowest BCUT2D eigenvalue weighted by molar-refractivity contribution is 0.101. The van der Waals surface area contributed by atoms with E-state index in [1.165, 1.54) is 7.11 Å². The molecule has 4 rings (SSSR count). The highest BCUT2D eigenvalue weighted by Crippen LogP contribution is 2.38. The van der Waals surface area contributed by atoms with Gasteiger partial charge in [-0.05, 0) is 76.9 Å². The van der Waals surface area contributed by atoms with Gasteiger partial charge in [0.05, 0.1) is 39.6 Å².